The van der Waals surface area contributed by atoms with Gasteiger partial charge in [0, 0.05) is 25.0 Å². The number of ether oxygens (including phenoxy) is 1. The third-order valence-corrected chi connectivity index (χ3v) is 6.15. The molecule has 0 unspecified atom stereocenters. The first-order chi connectivity index (χ1) is 16.9. The van der Waals surface area contributed by atoms with Crippen molar-refractivity contribution in [3.8, 4) is 11.3 Å². The number of nitrogens with zero attached hydrogens (tertiary/aromatic N) is 4. The van der Waals surface area contributed by atoms with Gasteiger partial charge in [-0.1, -0.05) is 38.1 Å². The molecular weight excluding hydrogens is 442 g/mol. The summed E-state index contributed by atoms with van der Waals surface area (Å²) in [7, 11) is 3.19. The highest BCUT2D eigenvalue weighted by molar-refractivity contribution is 6.09. The Hall–Kier alpha value is -4.14. The Kier molecular flexibility index (Phi) is 6.86. The molecule has 180 valence electrons. The summed E-state index contributed by atoms with van der Waals surface area (Å²) in [6, 6.07) is 7.78. The summed E-state index contributed by atoms with van der Waals surface area (Å²) in [6.07, 6.45) is 9.52. The number of hydrogen-bond acceptors (Lipinski definition) is 9. The lowest BCUT2D eigenvalue weighted by Crippen LogP contribution is -2.21. The summed E-state index contributed by atoms with van der Waals surface area (Å²) in [6.45, 7) is 4.11. The second kappa shape index (κ2) is 10.0. The molecule has 3 aromatic rings. The van der Waals surface area contributed by atoms with Gasteiger partial charge in [-0.3, -0.25) is 19.7 Å². The van der Waals surface area contributed by atoms with Gasteiger partial charge >= 0.3 is 5.97 Å². The average molecular weight is 472 g/mol. The van der Waals surface area contributed by atoms with Crippen molar-refractivity contribution in [2.45, 2.75) is 38.0 Å². The Balaban J connectivity index is 1.56. The van der Waals surface area contributed by atoms with Gasteiger partial charge in [0.05, 0.1) is 53.8 Å². The molecule has 0 atom stereocenters. The fourth-order valence-corrected chi connectivity index (χ4v) is 3.89. The maximum absolute atomic E-state index is 12.1. The Bertz CT molecular complexity index is 1250. The third-order valence-electron chi connectivity index (χ3n) is 6.15. The molecule has 0 spiro atoms. The van der Waals surface area contributed by atoms with Crippen molar-refractivity contribution < 1.29 is 9.53 Å². The van der Waals surface area contributed by atoms with E-state index in [0.717, 1.165) is 29.7 Å². The van der Waals surface area contributed by atoms with E-state index in [1.807, 2.05) is 24.3 Å². The summed E-state index contributed by atoms with van der Waals surface area (Å²) < 4.78 is 4.97. The van der Waals surface area contributed by atoms with Crippen LogP contribution in [0.4, 0.5) is 5.82 Å². The second-order valence-electron chi connectivity index (χ2n) is 8.73. The number of carbonyl (C=O) groups is 1. The van der Waals surface area contributed by atoms with Crippen LogP contribution in [0.3, 0.4) is 0 Å². The van der Waals surface area contributed by atoms with Crippen LogP contribution in [0.25, 0.3) is 16.8 Å². The molecule has 35 heavy (non-hydrogen) atoms. The fourth-order valence-electron chi connectivity index (χ4n) is 3.89. The van der Waals surface area contributed by atoms with Crippen LogP contribution in [-0.2, 0) is 14.9 Å². The van der Waals surface area contributed by atoms with Crippen LogP contribution >= 0.6 is 0 Å². The van der Waals surface area contributed by atoms with Crippen LogP contribution in [0.2, 0.25) is 0 Å². The summed E-state index contributed by atoms with van der Waals surface area (Å²) in [5.74, 6) is 1.21. The molecule has 2 aromatic heterocycles. The van der Waals surface area contributed by atoms with E-state index in [4.69, 9.17) is 10.1 Å². The zero-order valence-electron chi connectivity index (χ0n) is 20.3. The zero-order valence-corrected chi connectivity index (χ0v) is 20.3. The van der Waals surface area contributed by atoms with E-state index >= 15 is 0 Å². The summed E-state index contributed by atoms with van der Waals surface area (Å²) in [5.41, 5.74) is 3.99. The van der Waals surface area contributed by atoms with Gasteiger partial charge in [-0.05, 0) is 24.3 Å². The molecule has 0 amide bonds. The Morgan fingerprint density at radius 3 is 2.40 bits per heavy atom. The standard InChI is InChI=1S/C26H29N7O2/c1-16(2)20-12-29-15-23(32-20)33-24(28-3)19(11-27)22-14-30-21(13-31-22)17-5-7-18(8-6-17)26(9-10-26)25(34)35-4/h5-8,11-16,27-28H,9-10H2,1-4H3,(H,32,33)/b24-19-,27-11?. The maximum atomic E-state index is 12.1. The number of hydrogen-bond donors (Lipinski definition) is 3. The molecule has 1 aromatic carbocycles. The molecule has 9 nitrogen and oxygen atoms in total. The summed E-state index contributed by atoms with van der Waals surface area (Å²) in [5, 5.41) is 14.2. The van der Waals surface area contributed by atoms with Crippen LogP contribution in [0.15, 0.2) is 54.9 Å². The molecule has 1 fully saturated rings. The first-order valence-electron chi connectivity index (χ1n) is 11.4. The molecule has 0 aliphatic heterocycles. The number of methoxy groups -OCH3 is 1. The number of carbonyl (C=O) groups excluding carboxylic acids is 1. The molecular formula is C26H29N7O2. The highest BCUT2D eigenvalue weighted by atomic mass is 16.5. The predicted molar refractivity (Wildman–Crippen MR) is 135 cm³/mol. The number of anilines is 1. The summed E-state index contributed by atoms with van der Waals surface area (Å²) >= 11 is 0. The molecule has 3 N–H and O–H groups in total. The van der Waals surface area contributed by atoms with Gasteiger partial charge in [-0.25, -0.2) is 4.98 Å². The predicted octanol–water partition coefficient (Wildman–Crippen LogP) is 3.91. The van der Waals surface area contributed by atoms with Crippen molar-refractivity contribution >= 4 is 23.6 Å². The van der Waals surface area contributed by atoms with Crippen LogP contribution in [-0.4, -0.2) is 46.3 Å². The quantitative estimate of drug-likeness (QED) is 0.317. The molecule has 0 bridgehead atoms. The van der Waals surface area contributed by atoms with E-state index in [2.05, 4.69) is 44.4 Å². The van der Waals surface area contributed by atoms with E-state index in [9.17, 15) is 4.79 Å². The number of rotatable bonds is 9. The number of esters is 1. The van der Waals surface area contributed by atoms with Gasteiger partial charge in [0.2, 0.25) is 0 Å². The van der Waals surface area contributed by atoms with Crippen LogP contribution in [0.5, 0.6) is 0 Å². The normalized spacial score (nSPS) is 14.7. The molecule has 1 aliphatic carbocycles. The number of allylic oxidation sites excluding steroid dienone is 1. The van der Waals surface area contributed by atoms with Gasteiger partial charge in [0.25, 0.3) is 0 Å². The first-order valence-corrected chi connectivity index (χ1v) is 11.4. The topological polar surface area (TPSA) is 126 Å². The van der Waals surface area contributed by atoms with Crippen LogP contribution < -0.4 is 10.6 Å². The van der Waals surface area contributed by atoms with E-state index in [-0.39, 0.29) is 11.9 Å². The van der Waals surface area contributed by atoms with Crippen molar-refractivity contribution in [2.75, 3.05) is 19.5 Å². The van der Waals surface area contributed by atoms with Crippen molar-refractivity contribution in [3.63, 3.8) is 0 Å². The van der Waals surface area contributed by atoms with Gasteiger partial charge in [0.15, 0.2) is 0 Å². The lowest BCUT2D eigenvalue weighted by molar-refractivity contribution is -0.143. The van der Waals surface area contributed by atoms with Gasteiger partial charge in [-0.2, -0.15) is 0 Å². The van der Waals surface area contributed by atoms with Gasteiger partial charge in [-0.15, -0.1) is 0 Å². The van der Waals surface area contributed by atoms with Gasteiger partial charge < -0.3 is 20.8 Å². The first kappa shape index (κ1) is 24.0. The average Bonchev–Trinajstić information content (AvgIpc) is 3.71. The monoisotopic (exact) mass is 471 g/mol. The van der Waals surface area contributed by atoms with Crippen molar-refractivity contribution in [2.24, 2.45) is 0 Å². The molecule has 0 radical (unpaired) electrons. The Morgan fingerprint density at radius 2 is 1.86 bits per heavy atom. The number of benzene rings is 1. The van der Waals surface area contributed by atoms with E-state index in [1.54, 1.807) is 31.8 Å². The third kappa shape index (κ3) is 4.89. The number of nitrogens with one attached hydrogen (secondary N) is 3. The van der Waals surface area contributed by atoms with E-state index in [0.29, 0.717) is 28.6 Å². The maximum Gasteiger partial charge on any atom is 0.316 e. The highest BCUT2D eigenvalue weighted by Crippen LogP contribution is 2.49. The molecule has 2 heterocycles. The lowest BCUT2D eigenvalue weighted by atomic mass is 9.95. The molecule has 1 aliphatic rings. The molecule has 9 heteroatoms. The minimum Gasteiger partial charge on any atom is -0.468 e. The van der Waals surface area contributed by atoms with Crippen LogP contribution in [0, 0.1) is 5.41 Å². The minimum atomic E-state index is -0.498. The number of aromatic nitrogens is 4. The molecule has 4 rings (SSSR count). The lowest BCUT2D eigenvalue weighted by Gasteiger charge is -2.15. The van der Waals surface area contributed by atoms with Gasteiger partial charge in [0.1, 0.15) is 11.6 Å². The zero-order chi connectivity index (χ0) is 25.0. The SMILES string of the molecule is CN/C(Nc1cncc(C(C)C)n1)=C(\C=N)c1cnc(-c2ccc(C3(C(=O)OC)CC3)cc2)cn1. The smallest absolute Gasteiger partial charge is 0.316 e. The Labute approximate surface area is 204 Å². The molecule has 0 saturated heterocycles. The van der Waals surface area contributed by atoms with E-state index in [1.165, 1.54) is 13.3 Å². The van der Waals surface area contributed by atoms with E-state index < -0.39 is 5.41 Å². The van der Waals surface area contributed by atoms with Crippen molar-refractivity contribution in [1.82, 2.24) is 25.3 Å². The van der Waals surface area contributed by atoms with Crippen molar-refractivity contribution in [3.05, 3.63) is 71.8 Å². The van der Waals surface area contributed by atoms with Crippen molar-refractivity contribution in [1.29, 1.82) is 5.41 Å². The fraction of sp³-hybridized carbons (Fsp3) is 0.308. The highest BCUT2D eigenvalue weighted by Gasteiger charge is 2.52. The Morgan fingerprint density at radius 1 is 1.11 bits per heavy atom. The minimum absolute atomic E-state index is 0.184. The second-order valence-corrected chi connectivity index (χ2v) is 8.73. The molecule has 1 saturated carbocycles. The summed E-state index contributed by atoms with van der Waals surface area (Å²) in [4.78, 5) is 30.1. The largest absolute Gasteiger partial charge is 0.468 e. The van der Waals surface area contributed by atoms with Crippen LogP contribution in [0.1, 0.15) is 49.6 Å².